The van der Waals surface area contributed by atoms with Gasteiger partial charge >= 0.3 is 0 Å². The molecule has 5 nitrogen and oxygen atoms in total. The van der Waals surface area contributed by atoms with E-state index in [0.29, 0.717) is 6.04 Å². The molecule has 0 aliphatic rings. The Morgan fingerprint density at radius 1 is 1.19 bits per heavy atom. The van der Waals surface area contributed by atoms with Crippen LogP contribution in [0.1, 0.15) is 23.4 Å². The SMILES string of the molecule is CCNC(=NCC(c1cccs1)N(C)C)NCCc1c[nH]c2ccccc12. The van der Waals surface area contributed by atoms with Crippen LogP contribution in [0.15, 0.2) is 53.0 Å². The van der Waals surface area contributed by atoms with Gasteiger partial charge in [0, 0.05) is 35.1 Å². The number of likely N-dealkylation sites (N-methyl/N-ethyl adjacent to an activating group) is 1. The molecule has 3 rings (SSSR count). The lowest BCUT2D eigenvalue weighted by Crippen LogP contribution is -2.39. The molecule has 6 heteroatoms. The van der Waals surface area contributed by atoms with Crippen molar-refractivity contribution in [2.75, 3.05) is 33.7 Å². The summed E-state index contributed by atoms with van der Waals surface area (Å²) in [6, 6.07) is 13.0. The Labute approximate surface area is 165 Å². The lowest BCUT2D eigenvalue weighted by atomic mass is 10.1. The smallest absolute Gasteiger partial charge is 0.191 e. The number of aromatic nitrogens is 1. The van der Waals surface area contributed by atoms with E-state index in [0.717, 1.165) is 32.0 Å². The molecular formula is C21H29N5S. The number of nitrogens with zero attached hydrogens (tertiary/aromatic N) is 2. The highest BCUT2D eigenvalue weighted by Gasteiger charge is 2.15. The molecule has 0 bridgehead atoms. The average molecular weight is 384 g/mol. The van der Waals surface area contributed by atoms with Gasteiger partial charge in [-0.05, 0) is 50.5 Å². The number of aromatic amines is 1. The van der Waals surface area contributed by atoms with E-state index in [1.807, 2.05) is 0 Å². The van der Waals surface area contributed by atoms with E-state index in [2.05, 4.69) is 89.5 Å². The fraction of sp³-hybridized carbons (Fsp3) is 0.381. The first-order valence-electron chi connectivity index (χ1n) is 9.46. The van der Waals surface area contributed by atoms with E-state index in [9.17, 15) is 0 Å². The minimum Gasteiger partial charge on any atom is -0.361 e. The van der Waals surface area contributed by atoms with Crippen molar-refractivity contribution >= 4 is 28.2 Å². The second kappa shape index (κ2) is 9.58. The van der Waals surface area contributed by atoms with Crippen LogP contribution >= 0.6 is 11.3 Å². The van der Waals surface area contributed by atoms with Crippen molar-refractivity contribution in [1.82, 2.24) is 20.5 Å². The van der Waals surface area contributed by atoms with Gasteiger partial charge in [-0.2, -0.15) is 0 Å². The molecule has 0 saturated carbocycles. The Bertz CT molecular complexity index is 850. The van der Waals surface area contributed by atoms with Crippen LogP contribution in [0.4, 0.5) is 0 Å². The number of thiophene rings is 1. The highest BCUT2D eigenvalue weighted by atomic mass is 32.1. The second-order valence-electron chi connectivity index (χ2n) is 6.75. The maximum atomic E-state index is 4.82. The summed E-state index contributed by atoms with van der Waals surface area (Å²) in [4.78, 5) is 11.7. The van der Waals surface area contributed by atoms with Crippen LogP contribution in [-0.4, -0.2) is 49.6 Å². The van der Waals surface area contributed by atoms with E-state index in [4.69, 9.17) is 4.99 Å². The number of rotatable bonds is 8. The van der Waals surface area contributed by atoms with Gasteiger partial charge in [0.1, 0.15) is 0 Å². The Kier molecular flexibility index (Phi) is 6.90. The highest BCUT2D eigenvalue weighted by Crippen LogP contribution is 2.23. The Morgan fingerprint density at radius 2 is 2.04 bits per heavy atom. The van der Waals surface area contributed by atoms with Crippen molar-refractivity contribution in [2.45, 2.75) is 19.4 Å². The zero-order chi connectivity index (χ0) is 19.1. The zero-order valence-corrected chi connectivity index (χ0v) is 17.1. The number of H-pyrrole nitrogens is 1. The molecule has 0 spiro atoms. The van der Waals surface area contributed by atoms with Crippen LogP contribution in [0.5, 0.6) is 0 Å². The van der Waals surface area contributed by atoms with Crippen molar-refractivity contribution in [2.24, 2.45) is 4.99 Å². The summed E-state index contributed by atoms with van der Waals surface area (Å²) in [5, 5.41) is 10.3. The number of aliphatic imine (C=N–C) groups is 1. The van der Waals surface area contributed by atoms with Crippen molar-refractivity contribution in [3.63, 3.8) is 0 Å². The molecule has 3 N–H and O–H groups in total. The third-order valence-electron chi connectivity index (χ3n) is 4.62. The monoisotopic (exact) mass is 383 g/mol. The van der Waals surface area contributed by atoms with Gasteiger partial charge < -0.3 is 20.5 Å². The van der Waals surface area contributed by atoms with Crippen LogP contribution < -0.4 is 10.6 Å². The summed E-state index contributed by atoms with van der Waals surface area (Å²) in [6.07, 6.45) is 3.06. The quantitative estimate of drug-likeness (QED) is 0.411. The molecule has 0 aliphatic heterocycles. The topological polar surface area (TPSA) is 55.5 Å². The number of hydrogen-bond acceptors (Lipinski definition) is 3. The largest absolute Gasteiger partial charge is 0.361 e. The minimum absolute atomic E-state index is 0.300. The maximum absolute atomic E-state index is 4.82. The standard InChI is InChI=1S/C21H29N5S/c1-4-22-21(25-15-19(26(2)3)20-10-7-13-27-20)23-12-11-16-14-24-18-9-6-5-8-17(16)18/h5-10,13-14,19,24H,4,11-12,15H2,1-3H3,(H2,22,23,25). The molecule has 27 heavy (non-hydrogen) atoms. The van der Waals surface area contributed by atoms with Gasteiger partial charge in [-0.15, -0.1) is 11.3 Å². The van der Waals surface area contributed by atoms with Gasteiger partial charge in [-0.3, -0.25) is 4.99 Å². The lowest BCUT2D eigenvalue weighted by molar-refractivity contribution is 0.310. The normalized spacial score (nSPS) is 13.3. The molecule has 0 amide bonds. The van der Waals surface area contributed by atoms with Crippen LogP contribution in [0.3, 0.4) is 0 Å². The summed E-state index contributed by atoms with van der Waals surface area (Å²) in [7, 11) is 4.22. The van der Waals surface area contributed by atoms with Crippen molar-refractivity contribution in [3.8, 4) is 0 Å². The number of benzene rings is 1. The molecule has 0 fully saturated rings. The van der Waals surface area contributed by atoms with Gasteiger partial charge in [0.2, 0.25) is 0 Å². The lowest BCUT2D eigenvalue weighted by Gasteiger charge is -2.22. The van der Waals surface area contributed by atoms with Crippen LogP contribution in [0, 0.1) is 0 Å². The molecular weight excluding hydrogens is 354 g/mol. The van der Waals surface area contributed by atoms with Gasteiger partial charge in [-0.25, -0.2) is 0 Å². The summed E-state index contributed by atoms with van der Waals surface area (Å²) in [5.41, 5.74) is 2.52. The van der Waals surface area contributed by atoms with Gasteiger partial charge in [0.15, 0.2) is 5.96 Å². The molecule has 1 unspecified atom stereocenters. The van der Waals surface area contributed by atoms with Crippen molar-refractivity contribution in [1.29, 1.82) is 0 Å². The Balaban J connectivity index is 1.60. The van der Waals surface area contributed by atoms with Crippen LogP contribution in [0.2, 0.25) is 0 Å². The highest BCUT2D eigenvalue weighted by molar-refractivity contribution is 7.10. The summed E-state index contributed by atoms with van der Waals surface area (Å²) >= 11 is 1.79. The molecule has 0 aliphatic carbocycles. The molecule has 0 radical (unpaired) electrons. The molecule has 0 saturated heterocycles. The van der Waals surface area contributed by atoms with Gasteiger partial charge in [0.25, 0.3) is 0 Å². The second-order valence-corrected chi connectivity index (χ2v) is 7.73. The van der Waals surface area contributed by atoms with E-state index >= 15 is 0 Å². The molecule has 2 aromatic heterocycles. The maximum Gasteiger partial charge on any atom is 0.191 e. The predicted molar refractivity (Wildman–Crippen MR) is 117 cm³/mol. The zero-order valence-electron chi connectivity index (χ0n) is 16.3. The van der Waals surface area contributed by atoms with E-state index in [1.165, 1.54) is 21.3 Å². The van der Waals surface area contributed by atoms with Crippen molar-refractivity contribution < 1.29 is 0 Å². The van der Waals surface area contributed by atoms with E-state index in [-0.39, 0.29) is 0 Å². The Hall–Kier alpha value is -2.31. The summed E-state index contributed by atoms with van der Waals surface area (Å²) in [6.45, 7) is 4.53. The fourth-order valence-corrected chi connectivity index (χ4v) is 4.08. The van der Waals surface area contributed by atoms with Gasteiger partial charge in [0.05, 0.1) is 12.6 Å². The number of para-hydroxylation sites is 1. The molecule has 1 atom stereocenters. The average Bonchev–Trinajstić information content (AvgIpc) is 3.32. The molecule has 3 aromatic rings. The summed E-state index contributed by atoms with van der Waals surface area (Å²) in [5.74, 6) is 0.876. The number of hydrogen-bond donors (Lipinski definition) is 3. The van der Waals surface area contributed by atoms with E-state index in [1.54, 1.807) is 11.3 Å². The fourth-order valence-electron chi connectivity index (χ4n) is 3.16. The first kappa shape index (κ1) is 19.5. The minimum atomic E-state index is 0.300. The number of fused-ring (bicyclic) bond motifs is 1. The summed E-state index contributed by atoms with van der Waals surface area (Å²) < 4.78 is 0. The van der Waals surface area contributed by atoms with Crippen LogP contribution in [-0.2, 0) is 6.42 Å². The first-order chi connectivity index (χ1) is 13.2. The van der Waals surface area contributed by atoms with E-state index < -0.39 is 0 Å². The molecule has 1 aromatic carbocycles. The molecule has 144 valence electrons. The predicted octanol–water partition coefficient (Wildman–Crippen LogP) is 3.63. The number of guanidine groups is 1. The van der Waals surface area contributed by atoms with Gasteiger partial charge in [-0.1, -0.05) is 24.3 Å². The molecule has 2 heterocycles. The third kappa shape index (κ3) is 5.11. The Morgan fingerprint density at radius 3 is 2.78 bits per heavy atom. The number of nitrogens with one attached hydrogen (secondary N) is 3. The first-order valence-corrected chi connectivity index (χ1v) is 10.3. The van der Waals surface area contributed by atoms with Crippen molar-refractivity contribution in [3.05, 3.63) is 58.4 Å². The van der Waals surface area contributed by atoms with Crippen LogP contribution in [0.25, 0.3) is 10.9 Å². The third-order valence-corrected chi connectivity index (χ3v) is 5.60.